The van der Waals surface area contributed by atoms with Crippen molar-refractivity contribution in [3.8, 4) is 0 Å². The third kappa shape index (κ3) is 3.47. The topological polar surface area (TPSA) is 81.7 Å². The number of hydrogen-bond acceptors (Lipinski definition) is 8. The Morgan fingerprint density at radius 1 is 1.16 bits per heavy atom. The summed E-state index contributed by atoms with van der Waals surface area (Å²) in [5, 5.41) is 0. The first kappa shape index (κ1) is 17.0. The molecule has 3 aliphatic heterocycles. The normalized spacial score (nSPS) is 38.5. The highest BCUT2D eigenvalue weighted by Gasteiger charge is 2.50. The van der Waals surface area contributed by atoms with Gasteiger partial charge in [0.05, 0.1) is 18.6 Å². The molecule has 25 heavy (non-hydrogen) atoms. The average molecular weight is 352 g/mol. The highest BCUT2D eigenvalue weighted by molar-refractivity contribution is 5.85. The molecule has 0 aliphatic carbocycles. The summed E-state index contributed by atoms with van der Waals surface area (Å²) in [5.41, 5.74) is 0.887. The Labute approximate surface area is 144 Å². The molecule has 1 aromatic carbocycles. The van der Waals surface area contributed by atoms with E-state index in [2.05, 4.69) is 0 Å². The van der Waals surface area contributed by atoms with E-state index in [4.69, 9.17) is 33.5 Å². The van der Waals surface area contributed by atoms with E-state index < -0.39 is 37.0 Å². The Kier molecular flexibility index (Phi) is 5.09. The third-order valence-electron chi connectivity index (χ3n) is 4.56. The van der Waals surface area contributed by atoms with Crippen molar-refractivity contribution in [2.45, 2.75) is 37.5 Å². The molecule has 3 saturated heterocycles. The monoisotopic (exact) mass is 352 g/mol. The summed E-state index contributed by atoms with van der Waals surface area (Å²) in [6.45, 7) is 0.344. The van der Waals surface area contributed by atoms with Gasteiger partial charge in [0.15, 0.2) is 25.2 Å². The summed E-state index contributed by atoms with van der Waals surface area (Å²) >= 11 is 0. The minimum Gasteiger partial charge on any atom is -0.349 e. The smallest absolute Gasteiger partial charge is 0.218 e. The molecular formula is C17H20O8. The Morgan fingerprint density at radius 3 is 2.72 bits per heavy atom. The molecule has 136 valence electrons. The Bertz CT molecular complexity index is 588. The maximum atomic E-state index is 12.7. The van der Waals surface area contributed by atoms with Crippen LogP contribution in [-0.2, 0) is 38.3 Å². The molecule has 0 radical (unpaired) electrons. The third-order valence-corrected chi connectivity index (χ3v) is 4.56. The fourth-order valence-corrected chi connectivity index (χ4v) is 3.34. The maximum absolute atomic E-state index is 12.7. The lowest BCUT2D eigenvalue weighted by Gasteiger charge is -2.44. The molecule has 3 fully saturated rings. The van der Waals surface area contributed by atoms with Crippen molar-refractivity contribution in [1.29, 1.82) is 0 Å². The number of ether oxygens (including phenoxy) is 5. The van der Waals surface area contributed by atoms with Crippen LogP contribution < -0.4 is 0 Å². The summed E-state index contributed by atoms with van der Waals surface area (Å²) in [4.78, 5) is 22.5. The SMILES string of the molecule is CO[C@H]1O[C@@H]2CO[C@@H](c3ccccc3)O[C@H]2[C@H](CC2OCOO2)C1=O. The van der Waals surface area contributed by atoms with Crippen LogP contribution in [0.1, 0.15) is 18.3 Å². The second kappa shape index (κ2) is 7.46. The Morgan fingerprint density at radius 2 is 2.00 bits per heavy atom. The predicted octanol–water partition coefficient (Wildman–Crippen LogP) is 1.31. The first-order valence-corrected chi connectivity index (χ1v) is 8.20. The van der Waals surface area contributed by atoms with Crippen LogP contribution in [0.4, 0.5) is 0 Å². The summed E-state index contributed by atoms with van der Waals surface area (Å²) in [7, 11) is 1.43. The largest absolute Gasteiger partial charge is 0.349 e. The van der Waals surface area contributed by atoms with E-state index in [0.717, 1.165) is 5.56 Å². The Balaban J connectivity index is 1.54. The summed E-state index contributed by atoms with van der Waals surface area (Å²) in [6, 6.07) is 9.57. The number of carbonyl (C=O) groups is 1. The minimum absolute atomic E-state index is 0.0422. The lowest BCUT2D eigenvalue weighted by atomic mass is 9.86. The van der Waals surface area contributed by atoms with Gasteiger partial charge in [-0.05, 0) is 0 Å². The zero-order valence-corrected chi connectivity index (χ0v) is 13.7. The van der Waals surface area contributed by atoms with Gasteiger partial charge in [0.25, 0.3) is 0 Å². The van der Waals surface area contributed by atoms with Crippen LogP contribution >= 0.6 is 0 Å². The average Bonchev–Trinajstić information content (AvgIpc) is 3.17. The fraction of sp³-hybridized carbons (Fsp3) is 0.588. The maximum Gasteiger partial charge on any atom is 0.218 e. The zero-order valence-electron chi connectivity index (χ0n) is 13.7. The number of carbonyl (C=O) groups excluding carboxylic acids is 1. The van der Waals surface area contributed by atoms with Crippen LogP contribution in [0.5, 0.6) is 0 Å². The lowest BCUT2D eigenvalue weighted by molar-refractivity contribution is -0.319. The van der Waals surface area contributed by atoms with E-state index in [1.807, 2.05) is 30.3 Å². The van der Waals surface area contributed by atoms with Crippen molar-refractivity contribution in [3.63, 3.8) is 0 Å². The number of hydrogen-bond donors (Lipinski definition) is 0. The van der Waals surface area contributed by atoms with Crippen LogP contribution in [0.3, 0.4) is 0 Å². The van der Waals surface area contributed by atoms with Gasteiger partial charge in [0.2, 0.25) is 6.29 Å². The molecule has 3 aliphatic rings. The molecule has 4 rings (SSSR count). The van der Waals surface area contributed by atoms with Crippen LogP contribution in [0.15, 0.2) is 30.3 Å². The van der Waals surface area contributed by atoms with E-state index in [-0.39, 0.29) is 12.6 Å². The number of ketones is 1. The summed E-state index contributed by atoms with van der Waals surface area (Å²) in [6.07, 6.45) is -2.71. The van der Waals surface area contributed by atoms with Gasteiger partial charge in [-0.3, -0.25) is 4.79 Å². The molecule has 8 heteroatoms. The van der Waals surface area contributed by atoms with Gasteiger partial charge >= 0.3 is 0 Å². The zero-order chi connectivity index (χ0) is 17.2. The molecule has 0 saturated carbocycles. The number of Topliss-reactive ketones (excluding diaryl/α,β-unsaturated/α-hetero) is 1. The van der Waals surface area contributed by atoms with Crippen molar-refractivity contribution in [2.24, 2.45) is 5.92 Å². The van der Waals surface area contributed by atoms with Crippen LogP contribution in [0.2, 0.25) is 0 Å². The molecule has 6 atom stereocenters. The van der Waals surface area contributed by atoms with Crippen molar-refractivity contribution < 1.29 is 38.3 Å². The molecule has 0 N–H and O–H groups in total. The van der Waals surface area contributed by atoms with E-state index in [1.54, 1.807) is 0 Å². The van der Waals surface area contributed by atoms with Crippen molar-refractivity contribution in [2.75, 3.05) is 20.5 Å². The second-order valence-corrected chi connectivity index (χ2v) is 6.09. The molecule has 8 nitrogen and oxygen atoms in total. The van der Waals surface area contributed by atoms with Gasteiger partial charge < -0.3 is 23.7 Å². The minimum atomic E-state index is -0.950. The molecule has 0 spiro atoms. The van der Waals surface area contributed by atoms with Crippen LogP contribution in [0, 0.1) is 5.92 Å². The van der Waals surface area contributed by atoms with Gasteiger partial charge in [0.1, 0.15) is 6.10 Å². The molecule has 0 aromatic heterocycles. The molecular weight excluding hydrogens is 332 g/mol. The first-order valence-electron chi connectivity index (χ1n) is 8.20. The van der Waals surface area contributed by atoms with E-state index in [1.165, 1.54) is 7.11 Å². The molecule has 0 amide bonds. The number of methoxy groups -OCH3 is 1. The molecule has 3 heterocycles. The Hall–Kier alpha value is -1.39. The van der Waals surface area contributed by atoms with Crippen molar-refractivity contribution >= 4 is 5.78 Å². The van der Waals surface area contributed by atoms with Gasteiger partial charge in [0, 0.05) is 19.1 Å². The van der Waals surface area contributed by atoms with Crippen LogP contribution in [-0.4, -0.2) is 51.1 Å². The van der Waals surface area contributed by atoms with Crippen LogP contribution in [0.25, 0.3) is 0 Å². The quantitative estimate of drug-likeness (QED) is 0.750. The fourth-order valence-electron chi connectivity index (χ4n) is 3.34. The lowest BCUT2D eigenvalue weighted by Crippen LogP contribution is -2.58. The van der Waals surface area contributed by atoms with Gasteiger partial charge in [-0.25, -0.2) is 9.78 Å². The van der Waals surface area contributed by atoms with Gasteiger partial charge in [-0.2, -0.15) is 0 Å². The highest BCUT2D eigenvalue weighted by Crippen LogP contribution is 2.37. The molecule has 1 aromatic rings. The van der Waals surface area contributed by atoms with E-state index in [9.17, 15) is 4.79 Å². The highest BCUT2D eigenvalue weighted by atomic mass is 17.3. The van der Waals surface area contributed by atoms with Crippen molar-refractivity contribution in [3.05, 3.63) is 35.9 Å². The second-order valence-electron chi connectivity index (χ2n) is 6.09. The predicted molar refractivity (Wildman–Crippen MR) is 80.7 cm³/mol. The van der Waals surface area contributed by atoms with Gasteiger partial charge in [-0.1, -0.05) is 30.3 Å². The molecule has 1 unspecified atom stereocenters. The summed E-state index contributed by atoms with van der Waals surface area (Å²) < 4.78 is 28.0. The number of fused-ring (bicyclic) bond motifs is 1. The van der Waals surface area contributed by atoms with E-state index in [0.29, 0.717) is 13.0 Å². The summed E-state index contributed by atoms with van der Waals surface area (Å²) in [5.74, 6) is -0.706. The van der Waals surface area contributed by atoms with E-state index >= 15 is 0 Å². The number of rotatable bonds is 4. The number of benzene rings is 1. The first-order chi connectivity index (χ1) is 12.3. The van der Waals surface area contributed by atoms with Crippen molar-refractivity contribution in [1.82, 2.24) is 0 Å². The van der Waals surface area contributed by atoms with Gasteiger partial charge in [-0.15, -0.1) is 0 Å². The molecule has 0 bridgehead atoms. The standard InChI is InChI=1S/C17H20O8/c1-19-17-14(18)11(7-13-21-9-22-25-13)15-12(23-17)8-20-16(24-15)10-5-3-2-4-6-10/h2-6,11-13,15-17H,7-9H2,1H3/t11-,12-,13?,15+,16-,17+/m1/s1.